The largest absolute Gasteiger partial charge is 0.394 e. The summed E-state index contributed by atoms with van der Waals surface area (Å²) < 4.78 is 0. The van der Waals surface area contributed by atoms with Gasteiger partial charge in [0.1, 0.15) is 6.07 Å². The molecule has 1 N–H and O–H groups in total. The quantitative estimate of drug-likeness (QED) is 0.942. The number of nitrogens with zero attached hydrogens (tertiary/aromatic N) is 2. The maximum Gasteiger partial charge on any atom is 0.100 e. The molecule has 1 aliphatic heterocycles. The molecule has 0 bridgehead atoms. The number of rotatable bonds is 3. The van der Waals surface area contributed by atoms with Gasteiger partial charge in [0.2, 0.25) is 0 Å². The van der Waals surface area contributed by atoms with Crippen molar-refractivity contribution in [1.29, 1.82) is 5.26 Å². The average molecular weight is 284 g/mol. The number of aliphatic hydroxyl groups excluding tert-OH is 1. The van der Waals surface area contributed by atoms with E-state index in [4.69, 9.17) is 5.26 Å². The first-order valence-electron chi connectivity index (χ1n) is 6.72. The number of hydrogen-bond acceptors (Lipinski definition) is 4. The molecular formula is C16H16N2OS. The summed E-state index contributed by atoms with van der Waals surface area (Å²) in [6.07, 6.45) is 1.02. The molecule has 2 aromatic rings. The second kappa shape index (κ2) is 5.76. The molecule has 3 rings (SSSR count). The maximum atomic E-state index is 9.75. The van der Waals surface area contributed by atoms with Crippen molar-refractivity contribution in [1.82, 2.24) is 4.90 Å². The van der Waals surface area contributed by atoms with Crippen LogP contribution in [0.2, 0.25) is 0 Å². The van der Waals surface area contributed by atoms with Gasteiger partial charge >= 0.3 is 0 Å². The van der Waals surface area contributed by atoms with Gasteiger partial charge in [-0.1, -0.05) is 24.3 Å². The van der Waals surface area contributed by atoms with Crippen molar-refractivity contribution in [2.45, 2.75) is 19.0 Å². The van der Waals surface area contributed by atoms with Gasteiger partial charge in [0.05, 0.1) is 18.2 Å². The third kappa shape index (κ3) is 2.48. The number of aliphatic hydroxyl groups is 1. The zero-order valence-electron chi connectivity index (χ0n) is 11.1. The van der Waals surface area contributed by atoms with Gasteiger partial charge in [-0.25, -0.2) is 0 Å². The number of hydrogen-bond donors (Lipinski definition) is 1. The lowest BCUT2D eigenvalue weighted by molar-refractivity contribution is 0.109. The van der Waals surface area contributed by atoms with Crippen LogP contribution in [0.25, 0.3) is 0 Å². The number of fused-ring (bicyclic) bond motifs is 1. The Labute approximate surface area is 122 Å². The van der Waals surface area contributed by atoms with Crippen LogP contribution in [0.1, 0.15) is 27.6 Å². The molecule has 0 spiro atoms. The highest BCUT2D eigenvalue weighted by molar-refractivity contribution is 7.10. The Kier molecular flexibility index (Phi) is 3.83. The third-order valence-corrected chi connectivity index (χ3v) is 4.76. The highest BCUT2D eigenvalue weighted by Crippen LogP contribution is 2.31. The van der Waals surface area contributed by atoms with Crippen molar-refractivity contribution in [3.05, 3.63) is 57.3 Å². The number of thiophene rings is 1. The standard InChI is InChI=1S/C16H16N2OS/c17-8-12-7-14(20-11-12)9-18-6-5-13-3-1-2-4-15(13)16(18)10-19/h1-4,7,11,16,19H,5-6,9-10H2. The van der Waals surface area contributed by atoms with Crippen molar-refractivity contribution in [3.63, 3.8) is 0 Å². The summed E-state index contributed by atoms with van der Waals surface area (Å²) in [7, 11) is 0. The van der Waals surface area contributed by atoms with Crippen LogP contribution in [-0.2, 0) is 13.0 Å². The van der Waals surface area contributed by atoms with Gasteiger partial charge in [-0.3, -0.25) is 4.90 Å². The second-order valence-electron chi connectivity index (χ2n) is 5.03. The Bertz CT molecular complexity index is 644. The molecule has 3 nitrogen and oxygen atoms in total. The Hall–Kier alpha value is -1.67. The summed E-state index contributed by atoms with van der Waals surface area (Å²) in [5, 5.41) is 20.5. The fourth-order valence-electron chi connectivity index (χ4n) is 2.83. The van der Waals surface area contributed by atoms with E-state index in [9.17, 15) is 5.11 Å². The van der Waals surface area contributed by atoms with Crippen LogP contribution in [0.3, 0.4) is 0 Å². The van der Waals surface area contributed by atoms with Crippen LogP contribution in [0.4, 0.5) is 0 Å². The van der Waals surface area contributed by atoms with E-state index in [2.05, 4.69) is 29.2 Å². The molecule has 1 aromatic carbocycles. The van der Waals surface area contributed by atoms with Crippen LogP contribution in [0.5, 0.6) is 0 Å². The lowest BCUT2D eigenvalue weighted by Gasteiger charge is -2.36. The van der Waals surface area contributed by atoms with Crippen molar-refractivity contribution < 1.29 is 5.11 Å². The maximum absolute atomic E-state index is 9.75. The topological polar surface area (TPSA) is 47.3 Å². The molecular weight excluding hydrogens is 268 g/mol. The van der Waals surface area contributed by atoms with E-state index in [1.165, 1.54) is 16.0 Å². The number of benzene rings is 1. The number of nitriles is 1. The van der Waals surface area contributed by atoms with Crippen LogP contribution in [0.15, 0.2) is 35.7 Å². The van der Waals surface area contributed by atoms with Gasteiger partial charge in [0.25, 0.3) is 0 Å². The lowest BCUT2D eigenvalue weighted by atomic mass is 9.93. The predicted octanol–water partition coefficient (Wildman–Crippen LogP) is 2.71. The summed E-state index contributed by atoms with van der Waals surface area (Å²) in [4.78, 5) is 3.48. The SMILES string of the molecule is N#Cc1csc(CN2CCc3ccccc3C2CO)c1. The summed E-state index contributed by atoms with van der Waals surface area (Å²) in [6.45, 7) is 1.88. The minimum absolute atomic E-state index is 0.0626. The molecule has 20 heavy (non-hydrogen) atoms. The zero-order chi connectivity index (χ0) is 13.9. The van der Waals surface area contributed by atoms with E-state index in [-0.39, 0.29) is 12.6 Å². The first-order chi connectivity index (χ1) is 9.81. The summed E-state index contributed by atoms with van der Waals surface area (Å²) in [5.41, 5.74) is 3.30. The van der Waals surface area contributed by atoms with Crippen molar-refractivity contribution >= 4 is 11.3 Å². The first-order valence-corrected chi connectivity index (χ1v) is 7.60. The predicted molar refractivity (Wildman–Crippen MR) is 79.4 cm³/mol. The fourth-order valence-corrected chi connectivity index (χ4v) is 3.66. The second-order valence-corrected chi connectivity index (χ2v) is 6.03. The van der Waals surface area contributed by atoms with Gasteiger partial charge in [0, 0.05) is 23.3 Å². The Balaban J connectivity index is 1.82. The molecule has 0 aliphatic carbocycles. The molecule has 102 valence electrons. The minimum Gasteiger partial charge on any atom is -0.394 e. The van der Waals surface area contributed by atoms with E-state index < -0.39 is 0 Å². The van der Waals surface area contributed by atoms with Crippen LogP contribution < -0.4 is 0 Å². The summed E-state index contributed by atoms with van der Waals surface area (Å²) >= 11 is 1.62. The van der Waals surface area contributed by atoms with Crippen LogP contribution in [-0.4, -0.2) is 23.2 Å². The molecule has 0 saturated carbocycles. The molecule has 2 heterocycles. The molecule has 4 heteroatoms. The molecule has 0 saturated heterocycles. The molecule has 1 aromatic heterocycles. The van der Waals surface area contributed by atoms with Crippen LogP contribution >= 0.6 is 11.3 Å². The molecule has 0 fully saturated rings. The van der Waals surface area contributed by atoms with Crippen molar-refractivity contribution in [2.24, 2.45) is 0 Å². The van der Waals surface area contributed by atoms with Gasteiger partial charge in [-0.05, 0) is 23.6 Å². The highest BCUT2D eigenvalue weighted by Gasteiger charge is 2.26. The first kappa shape index (κ1) is 13.3. The van der Waals surface area contributed by atoms with E-state index in [0.717, 1.165) is 25.1 Å². The average Bonchev–Trinajstić information content (AvgIpc) is 2.95. The third-order valence-electron chi connectivity index (χ3n) is 3.84. The monoisotopic (exact) mass is 284 g/mol. The van der Waals surface area contributed by atoms with E-state index in [1.54, 1.807) is 11.3 Å². The molecule has 1 aliphatic rings. The Morgan fingerprint density at radius 2 is 2.25 bits per heavy atom. The van der Waals surface area contributed by atoms with Gasteiger partial charge in [-0.15, -0.1) is 11.3 Å². The Morgan fingerprint density at radius 3 is 3.00 bits per heavy atom. The molecule has 1 unspecified atom stereocenters. The van der Waals surface area contributed by atoms with Crippen molar-refractivity contribution in [3.8, 4) is 6.07 Å². The lowest BCUT2D eigenvalue weighted by Crippen LogP contribution is -2.36. The van der Waals surface area contributed by atoms with Gasteiger partial charge in [-0.2, -0.15) is 5.26 Å². The Morgan fingerprint density at radius 1 is 1.40 bits per heavy atom. The summed E-state index contributed by atoms with van der Waals surface area (Å²) in [5.74, 6) is 0. The molecule has 0 radical (unpaired) electrons. The summed E-state index contributed by atoms with van der Waals surface area (Å²) in [6, 6.07) is 12.5. The van der Waals surface area contributed by atoms with E-state index in [0.29, 0.717) is 0 Å². The van der Waals surface area contributed by atoms with Gasteiger partial charge < -0.3 is 5.11 Å². The van der Waals surface area contributed by atoms with Crippen LogP contribution in [0, 0.1) is 11.3 Å². The fraction of sp³-hybridized carbons (Fsp3) is 0.312. The molecule has 1 atom stereocenters. The smallest absolute Gasteiger partial charge is 0.100 e. The minimum atomic E-state index is 0.0626. The zero-order valence-corrected chi connectivity index (χ0v) is 11.9. The van der Waals surface area contributed by atoms with E-state index >= 15 is 0 Å². The van der Waals surface area contributed by atoms with E-state index in [1.807, 2.05) is 17.5 Å². The normalized spacial score (nSPS) is 18.5. The van der Waals surface area contributed by atoms with Crippen molar-refractivity contribution in [2.75, 3.05) is 13.2 Å². The molecule has 0 amide bonds. The highest BCUT2D eigenvalue weighted by atomic mass is 32.1. The van der Waals surface area contributed by atoms with Gasteiger partial charge in [0.15, 0.2) is 0 Å².